The molecule has 0 radical (unpaired) electrons. The molecule has 2 unspecified atom stereocenters. The molecule has 3 aromatic heterocycles. The number of nitrogens with zero attached hydrogens (tertiary/aromatic N) is 4. The van der Waals surface area contributed by atoms with Gasteiger partial charge in [-0.3, -0.25) is 24.3 Å². The standard InChI is InChI=1S/C31H29F6N5O5S/c1-4-18-23(40-25(43)14-6-9-41(10-7-14)47-28(46)31(35,36)37)17(12-20(39-18)30(32,33)34)16-5-8-38-19-11-15(48-24(16)19)13-42-26(44)21-22(27(42)45)29(21,2)3/h5,8,11-12,14,21-22H,4,6-7,9-10,13H2,1-3H3,(H,40,43). The summed E-state index contributed by atoms with van der Waals surface area (Å²) < 4.78 is 80.4. The van der Waals surface area contributed by atoms with E-state index < -0.39 is 35.8 Å². The van der Waals surface area contributed by atoms with Crippen LogP contribution in [0.5, 0.6) is 0 Å². The van der Waals surface area contributed by atoms with Gasteiger partial charge in [0.2, 0.25) is 17.7 Å². The number of imide groups is 1. The summed E-state index contributed by atoms with van der Waals surface area (Å²) in [6.07, 6.45) is -8.55. The fourth-order valence-electron chi connectivity index (χ4n) is 6.55. The fraction of sp³-hybridized carbons (Fsp3) is 0.484. The number of rotatable bonds is 7. The fourth-order valence-corrected chi connectivity index (χ4v) is 7.68. The van der Waals surface area contributed by atoms with Gasteiger partial charge < -0.3 is 10.2 Å². The number of piperidine rings is 2. The molecule has 0 bridgehead atoms. The largest absolute Gasteiger partial charge is 0.492 e. The molecular formula is C31H29F6N5O5S. The molecule has 1 aliphatic carbocycles. The van der Waals surface area contributed by atoms with Gasteiger partial charge in [0, 0.05) is 41.2 Å². The topological polar surface area (TPSA) is 122 Å². The lowest BCUT2D eigenvalue weighted by Crippen LogP contribution is -2.42. The lowest BCUT2D eigenvalue weighted by Gasteiger charge is -2.30. The number of carbonyl (C=O) groups is 4. The zero-order chi connectivity index (χ0) is 34.9. The molecule has 2 atom stereocenters. The monoisotopic (exact) mass is 697 g/mol. The van der Waals surface area contributed by atoms with E-state index in [4.69, 9.17) is 0 Å². The van der Waals surface area contributed by atoms with Gasteiger partial charge in [0.15, 0.2) is 0 Å². The molecule has 6 rings (SSSR count). The first-order chi connectivity index (χ1) is 22.4. The highest BCUT2D eigenvalue weighted by atomic mass is 32.1. The molecule has 3 amide bonds. The van der Waals surface area contributed by atoms with E-state index in [9.17, 15) is 45.5 Å². The third-order valence-electron chi connectivity index (χ3n) is 9.19. The number of likely N-dealkylation sites (tertiary alicyclic amines) is 1. The summed E-state index contributed by atoms with van der Waals surface area (Å²) in [5.41, 5.74) is -0.811. The van der Waals surface area contributed by atoms with Crippen molar-refractivity contribution in [3.63, 3.8) is 0 Å². The highest BCUT2D eigenvalue weighted by Gasteiger charge is 2.72. The molecule has 2 saturated heterocycles. The zero-order valence-corrected chi connectivity index (χ0v) is 26.6. The van der Waals surface area contributed by atoms with Crippen molar-refractivity contribution in [1.29, 1.82) is 0 Å². The molecule has 1 N–H and O–H groups in total. The second kappa shape index (κ2) is 11.8. The van der Waals surface area contributed by atoms with Gasteiger partial charge >= 0.3 is 18.3 Å². The average molecular weight is 698 g/mol. The lowest BCUT2D eigenvalue weighted by atomic mass is 9.95. The Morgan fingerprint density at radius 3 is 2.27 bits per heavy atom. The Balaban J connectivity index is 1.30. The van der Waals surface area contributed by atoms with Crippen LogP contribution in [0.25, 0.3) is 21.3 Å². The quantitative estimate of drug-likeness (QED) is 0.245. The molecule has 3 aromatic rings. The molecule has 1 saturated carbocycles. The molecule has 48 heavy (non-hydrogen) atoms. The Labute approximate surface area is 273 Å². The number of carbonyl (C=O) groups excluding carboxylic acids is 4. The number of hydrogen-bond donors (Lipinski definition) is 1. The molecule has 17 heteroatoms. The second-order valence-electron chi connectivity index (χ2n) is 12.6. The van der Waals surface area contributed by atoms with E-state index in [1.807, 2.05) is 13.8 Å². The number of fused-ring (bicyclic) bond motifs is 2. The van der Waals surface area contributed by atoms with E-state index in [1.54, 1.807) is 13.0 Å². The van der Waals surface area contributed by atoms with E-state index in [2.05, 4.69) is 20.1 Å². The molecule has 0 aromatic carbocycles. The van der Waals surface area contributed by atoms with Gasteiger partial charge in [-0.15, -0.1) is 16.4 Å². The molecule has 5 heterocycles. The number of halogens is 6. The van der Waals surface area contributed by atoms with E-state index in [0.717, 1.165) is 22.5 Å². The molecule has 10 nitrogen and oxygen atoms in total. The maximum atomic E-state index is 14.1. The van der Waals surface area contributed by atoms with Gasteiger partial charge in [-0.05, 0) is 42.9 Å². The van der Waals surface area contributed by atoms with E-state index >= 15 is 0 Å². The van der Waals surface area contributed by atoms with Crippen LogP contribution in [0.1, 0.15) is 49.9 Å². The second-order valence-corrected chi connectivity index (χ2v) is 13.8. The van der Waals surface area contributed by atoms with Crippen LogP contribution in [0.3, 0.4) is 0 Å². The van der Waals surface area contributed by atoms with Gasteiger partial charge in [-0.25, -0.2) is 9.78 Å². The molecule has 2 aliphatic heterocycles. The average Bonchev–Trinajstić information content (AvgIpc) is 3.24. The Bertz CT molecular complexity index is 1810. The van der Waals surface area contributed by atoms with Crippen molar-refractivity contribution in [2.75, 3.05) is 18.4 Å². The van der Waals surface area contributed by atoms with E-state index in [0.29, 0.717) is 20.7 Å². The summed E-state index contributed by atoms with van der Waals surface area (Å²) >= 11 is 1.16. The molecule has 256 valence electrons. The van der Waals surface area contributed by atoms with Crippen molar-refractivity contribution in [3.8, 4) is 11.1 Å². The summed E-state index contributed by atoms with van der Waals surface area (Å²) in [5, 5.41) is 3.54. The molecule has 3 fully saturated rings. The van der Waals surface area contributed by atoms with E-state index in [-0.39, 0.29) is 84.9 Å². The molecular weight excluding hydrogens is 668 g/mol. The third-order valence-corrected chi connectivity index (χ3v) is 10.3. The van der Waals surface area contributed by atoms with Crippen molar-refractivity contribution >= 4 is 50.9 Å². The number of amides is 3. The van der Waals surface area contributed by atoms with Crippen molar-refractivity contribution in [2.45, 2.75) is 58.9 Å². The number of thiophene rings is 1. The Morgan fingerprint density at radius 2 is 1.69 bits per heavy atom. The summed E-state index contributed by atoms with van der Waals surface area (Å²) in [4.78, 5) is 64.8. The maximum absolute atomic E-state index is 14.1. The van der Waals surface area contributed by atoms with Gasteiger partial charge in [-0.2, -0.15) is 26.3 Å². The van der Waals surface area contributed by atoms with Crippen molar-refractivity contribution < 1.29 is 50.4 Å². The van der Waals surface area contributed by atoms with E-state index in [1.165, 1.54) is 17.2 Å². The van der Waals surface area contributed by atoms with Gasteiger partial charge in [0.05, 0.1) is 40.0 Å². The van der Waals surface area contributed by atoms with Crippen molar-refractivity contribution in [1.82, 2.24) is 19.9 Å². The Morgan fingerprint density at radius 1 is 1.04 bits per heavy atom. The minimum atomic E-state index is -5.18. The minimum absolute atomic E-state index is 0.00780. The van der Waals surface area contributed by atoms with Crippen LogP contribution in [-0.4, -0.2) is 62.9 Å². The summed E-state index contributed by atoms with van der Waals surface area (Å²) in [6.45, 7) is 4.98. The number of aryl methyl sites for hydroxylation is 1. The predicted molar refractivity (Wildman–Crippen MR) is 159 cm³/mol. The number of alkyl halides is 6. The highest BCUT2D eigenvalue weighted by molar-refractivity contribution is 7.19. The number of aromatic nitrogens is 2. The first kappa shape index (κ1) is 33.8. The number of anilines is 1. The smallest absolute Gasteiger partial charge is 0.361 e. The first-order valence-corrected chi connectivity index (χ1v) is 15.9. The van der Waals surface area contributed by atoms with Gasteiger partial charge in [0.25, 0.3) is 0 Å². The van der Waals surface area contributed by atoms with Crippen LogP contribution in [0, 0.1) is 23.2 Å². The zero-order valence-electron chi connectivity index (χ0n) is 25.8. The van der Waals surface area contributed by atoms with Crippen molar-refractivity contribution in [3.05, 3.63) is 40.7 Å². The van der Waals surface area contributed by atoms with Crippen LogP contribution in [0.2, 0.25) is 0 Å². The first-order valence-electron chi connectivity index (χ1n) is 15.1. The van der Waals surface area contributed by atoms with Gasteiger partial charge in [0.1, 0.15) is 5.69 Å². The molecule has 3 aliphatic rings. The number of pyridine rings is 2. The molecule has 0 spiro atoms. The summed E-state index contributed by atoms with van der Waals surface area (Å²) in [5.74, 6) is -4.96. The SMILES string of the molecule is CCc1nc(C(F)(F)F)cc(-c2ccnc3cc(CN4C(=O)C5C(C4=O)C5(C)C)sc23)c1NC(=O)C1CCN(OC(=O)C(F)(F)F)CC1. The Hall–Kier alpha value is -4.12. The normalized spacial score (nSPS) is 21.5. The highest BCUT2D eigenvalue weighted by Crippen LogP contribution is 2.63. The van der Waals surface area contributed by atoms with Crippen LogP contribution in [-0.2, 0) is 43.2 Å². The maximum Gasteiger partial charge on any atom is 0.492 e. The van der Waals surface area contributed by atoms with Gasteiger partial charge in [-0.1, -0.05) is 20.8 Å². The van der Waals surface area contributed by atoms with Crippen LogP contribution in [0.15, 0.2) is 24.4 Å². The van der Waals surface area contributed by atoms with Crippen molar-refractivity contribution in [2.24, 2.45) is 23.2 Å². The Kier molecular flexibility index (Phi) is 8.29. The van der Waals surface area contributed by atoms with Crippen LogP contribution in [0.4, 0.5) is 32.0 Å². The number of nitrogens with one attached hydrogen (secondary N) is 1. The van der Waals surface area contributed by atoms with Crippen LogP contribution < -0.4 is 5.32 Å². The summed E-state index contributed by atoms with van der Waals surface area (Å²) in [6, 6.07) is 4.01. The number of hydroxylamine groups is 2. The number of hydrogen-bond acceptors (Lipinski definition) is 9. The third kappa shape index (κ3) is 6.01. The van der Waals surface area contributed by atoms with Crippen LogP contribution >= 0.6 is 11.3 Å². The predicted octanol–water partition coefficient (Wildman–Crippen LogP) is 5.75. The minimum Gasteiger partial charge on any atom is -0.361 e. The summed E-state index contributed by atoms with van der Waals surface area (Å²) in [7, 11) is 0. The lowest BCUT2D eigenvalue weighted by molar-refractivity contribution is -0.242.